The first-order chi connectivity index (χ1) is 11.3. The van der Waals surface area contributed by atoms with Crippen LogP contribution in [0.3, 0.4) is 0 Å². The molecule has 0 N–H and O–H groups in total. The summed E-state index contributed by atoms with van der Waals surface area (Å²) in [4.78, 5) is 0. The third-order valence-corrected chi connectivity index (χ3v) is 2.75. The van der Waals surface area contributed by atoms with Crippen molar-refractivity contribution in [3.8, 4) is 0 Å². The average molecular weight is 338 g/mol. The minimum absolute atomic E-state index is 0.176. The van der Waals surface area contributed by atoms with Crippen LogP contribution in [0, 0.1) is 0 Å². The summed E-state index contributed by atoms with van der Waals surface area (Å²) in [6.07, 6.45) is 0.554. The molecule has 0 aromatic rings. The molecular formula is C16H34O7. The normalized spacial score (nSPS) is 11.5. The van der Waals surface area contributed by atoms with Gasteiger partial charge in [-0.05, 0) is 13.8 Å². The maximum absolute atomic E-state index is 5.48. The number of methoxy groups -OCH3 is 1. The van der Waals surface area contributed by atoms with Crippen LogP contribution >= 0.6 is 0 Å². The predicted molar refractivity (Wildman–Crippen MR) is 86.8 cm³/mol. The van der Waals surface area contributed by atoms with Crippen LogP contribution in [0.1, 0.15) is 20.3 Å². The molecule has 0 rings (SSSR count). The molecule has 23 heavy (non-hydrogen) atoms. The lowest BCUT2D eigenvalue weighted by Crippen LogP contribution is -2.20. The van der Waals surface area contributed by atoms with Crippen LogP contribution < -0.4 is 0 Å². The van der Waals surface area contributed by atoms with Gasteiger partial charge in [-0.2, -0.15) is 0 Å². The molecule has 0 aliphatic carbocycles. The van der Waals surface area contributed by atoms with Gasteiger partial charge in [0, 0.05) is 26.7 Å². The topological polar surface area (TPSA) is 64.6 Å². The predicted octanol–water partition coefficient (Wildman–Crippen LogP) is 1.49. The molecule has 0 aromatic heterocycles. The average Bonchev–Trinajstić information content (AvgIpc) is 2.55. The molecular weight excluding hydrogens is 304 g/mol. The summed E-state index contributed by atoms with van der Waals surface area (Å²) >= 11 is 0. The summed E-state index contributed by atoms with van der Waals surface area (Å²) in [7, 11) is 1.65. The second-order valence-electron chi connectivity index (χ2n) is 4.57. The summed E-state index contributed by atoms with van der Waals surface area (Å²) in [6.45, 7) is 10.4. The standard InChI is InChI=1S/C16H34O7/c1-4-22-16(23-5-2)6-7-18-10-11-20-14-15-21-13-12-19-9-8-17-3/h16H,4-15H2,1-3H3. The van der Waals surface area contributed by atoms with Gasteiger partial charge >= 0.3 is 0 Å². The van der Waals surface area contributed by atoms with E-state index in [1.54, 1.807) is 7.11 Å². The molecule has 0 saturated heterocycles. The molecule has 0 aliphatic rings. The summed E-state index contributed by atoms with van der Waals surface area (Å²) in [5.74, 6) is 0. The lowest BCUT2D eigenvalue weighted by Gasteiger charge is -2.16. The Morgan fingerprint density at radius 1 is 0.565 bits per heavy atom. The minimum atomic E-state index is -0.176. The Morgan fingerprint density at radius 2 is 0.957 bits per heavy atom. The molecule has 0 fully saturated rings. The van der Waals surface area contributed by atoms with Crippen molar-refractivity contribution in [1.82, 2.24) is 0 Å². The Hall–Kier alpha value is -0.280. The van der Waals surface area contributed by atoms with E-state index in [1.165, 1.54) is 0 Å². The van der Waals surface area contributed by atoms with Gasteiger partial charge in [-0.25, -0.2) is 0 Å². The highest BCUT2D eigenvalue weighted by molar-refractivity contribution is 4.44. The maximum Gasteiger partial charge on any atom is 0.159 e. The van der Waals surface area contributed by atoms with Gasteiger partial charge < -0.3 is 33.2 Å². The monoisotopic (exact) mass is 338 g/mol. The first kappa shape index (κ1) is 22.7. The number of ether oxygens (including phenoxy) is 7. The lowest BCUT2D eigenvalue weighted by molar-refractivity contribution is -0.147. The van der Waals surface area contributed by atoms with Crippen LogP contribution in [-0.4, -0.2) is 86.1 Å². The Bertz CT molecular complexity index is 211. The fraction of sp³-hybridized carbons (Fsp3) is 1.00. The van der Waals surface area contributed by atoms with Crippen LogP contribution in [0.4, 0.5) is 0 Å². The molecule has 0 aliphatic heterocycles. The zero-order valence-corrected chi connectivity index (χ0v) is 14.9. The molecule has 0 radical (unpaired) electrons. The van der Waals surface area contributed by atoms with Gasteiger partial charge in [0.1, 0.15) is 0 Å². The third-order valence-electron chi connectivity index (χ3n) is 2.75. The zero-order valence-electron chi connectivity index (χ0n) is 14.9. The van der Waals surface area contributed by atoms with E-state index in [-0.39, 0.29) is 6.29 Å². The highest BCUT2D eigenvalue weighted by atomic mass is 16.7. The van der Waals surface area contributed by atoms with Gasteiger partial charge in [0.2, 0.25) is 0 Å². The first-order valence-electron chi connectivity index (χ1n) is 8.38. The molecule has 140 valence electrons. The third kappa shape index (κ3) is 17.9. The molecule has 7 nitrogen and oxygen atoms in total. The molecule has 0 heterocycles. The summed E-state index contributed by atoms with van der Waals surface area (Å²) < 4.78 is 37.2. The summed E-state index contributed by atoms with van der Waals surface area (Å²) in [6, 6.07) is 0. The molecule has 0 saturated carbocycles. The second kappa shape index (κ2) is 19.8. The quantitative estimate of drug-likeness (QED) is 0.261. The Kier molecular flexibility index (Phi) is 19.5. The van der Waals surface area contributed by atoms with Crippen molar-refractivity contribution in [2.24, 2.45) is 0 Å². The maximum atomic E-state index is 5.48. The van der Waals surface area contributed by atoms with Crippen LogP contribution in [0.2, 0.25) is 0 Å². The smallest absolute Gasteiger partial charge is 0.159 e. The summed E-state index contributed by atoms with van der Waals surface area (Å²) in [5.41, 5.74) is 0. The largest absolute Gasteiger partial charge is 0.382 e. The van der Waals surface area contributed by atoms with Gasteiger partial charge in [0.15, 0.2) is 6.29 Å². The van der Waals surface area contributed by atoms with Crippen molar-refractivity contribution in [3.63, 3.8) is 0 Å². The van der Waals surface area contributed by atoms with Crippen LogP contribution in [0.15, 0.2) is 0 Å². The van der Waals surface area contributed by atoms with E-state index < -0.39 is 0 Å². The van der Waals surface area contributed by atoms with Crippen LogP contribution in [0.5, 0.6) is 0 Å². The van der Waals surface area contributed by atoms with Gasteiger partial charge in [-0.3, -0.25) is 0 Å². The van der Waals surface area contributed by atoms with Crippen LogP contribution in [0.25, 0.3) is 0 Å². The van der Waals surface area contributed by atoms with E-state index in [9.17, 15) is 0 Å². The fourth-order valence-electron chi connectivity index (χ4n) is 1.67. The van der Waals surface area contributed by atoms with Crippen molar-refractivity contribution < 1.29 is 33.2 Å². The number of rotatable bonds is 19. The minimum Gasteiger partial charge on any atom is -0.382 e. The molecule has 0 aromatic carbocycles. The van der Waals surface area contributed by atoms with Gasteiger partial charge in [0.25, 0.3) is 0 Å². The van der Waals surface area contributed by atoms with Crippen molar-refractivity contribution in [3.05, 3.63) is 0 Å². The Morgan fingerprint density at radius 3 is 1.35 bits per heavy atom. The van der Waals surface area contributed by atoms with Gasteiger partial charge in [-0.15, -0.1) is 0 Å². The second-order valence-corrected chi connectivity index (χ2v) is 4.57. The van der Waals surface area contributed by atoms with E-state index in [0.29, 0.717) is 72.7 Å². The van der Waals surface area contributed by atoms with Crippen molar-refractivity contribution in [2.45, 2.75) is 26.6 Å². The van der Waals surface area contributed by atoms with Crippen molar-refractivity contribution >= 4 is 0 Å². The van der Waals surface area contributed by atoms with E-state index in [1.807, 2.05) is 13.8 Å². The van der Waals surface area contributed by atoms with E-state index in [4.69, 9.17) is 33.2 Å². The highest BCUT2D eigenvalue weighted by Gasteiger charge is 2.06. The highest BCUT2D eigenvalue weighted by Crippen LogP contribution is 2.01. The van der Waals surface area contributed by atoms with Gasteiger partial charge in [0.05, 0.1) is 59.5 Å². The fourth-order valence-corrected chi connectivity index (χ4v) is 1.67. The molecule has 0 amide bonds. The molecule has 0 atom stereocenters. The number of hydrogen-bond donors (Lipinski definition) is 0. The van der Waals surface area contributed by atoms with E-state index in [2.05, 4.69) is 0 Å². The van der Waals surface area contributed by atoms with Gasteiger partial charge in [-0.1, -0.05) is 0 Å². The zero-order chi connectivity index (χ0) is 17.0. The number of hydrogen-bond acceptors (Lipinski definition) is 7. The molecule has 0 bridgehead atoms. The SMILES string of the molecule is CCOC(CCOCCOCCOCCOCCOC)OCC. The molecule has 0 unspecified atom stereocenters. The Balaban J connectivity index is 3.15. The lowest BCUT2D eigenvalue weighted by atomic mass is 10.4. The van der Waals surface area contributed by atoms with Crippen molar-refractivity contribution in [2.75, 3.05) is 79.8 Å². The first-order valence-corrected chi connectivity index (χ1v) is 8.38. The van der Waals surface area contributed by atoms with E-state index >= 15 is 0 Å². The van der Waals surface area contributed by atoms with Crippen molar-refractivity contribution in [1.29, 1.82) is 0 Å². The molecule has 0 spiro atoms. The van der Waals surface area contributed by atoms with Crippen LogP contribution in [-0.2, 0) is 33.2 Å². The summed E-state index contributed by atoms with van der Waals surface area (Å²) in [5, 5.41) is 0. The van der Waals surface area contributed by atoms with E-state index in [0.717, 1.165) is 6.42 Å². The molecule has 7 heteroatoms. The Labute approximate surface area is 140 Å².